The quantitative estimate of drug-likeness (QED) is 0.690. The fraction of sp³-hybridized carbons (Fsp3) is 0.444. The van der Waals surface area contributed by atoms with Gasteiger partial charge in [0.2, 0.25) is 0 Å². The van der Waals surface area contributed by atoms with Crippen molar-refractivity contribution in [3.05, 3.63) is 72.5 Å². The van der Waals surface area contributed by atoms with Gasteiger partial charge in [0, 0.05) is 44.8 Å². The number of carbonyl (C=O) groups is 1. The molecule has 0 spiro atoms. The maximum atomic E-state index is 13.0. The second-order valence-electron chi connectivity index (χ2n) is 9.01. The highest BCUT2D eigenvalue weighted by atomic mass is 16.5. The molecule has 0 aromatic heterocycles. The third-order valence-corrected chi connectivity index (χ3v) is 7.05. The van der Waals surface area contributed by atoms with Crippen LogP contribution in [0.25, 0.3) is 5.57 Å². The fourth-order valence-electron chi connectivity index (χ4n) is 5.15. The first kappa shape index (κ1) is 21.2. The van der Waals surface area contributed by atoms with Crippen LogP contribution in [0.4, 0.5) is 5.69 Å². The zero-order valence-electron chi connectivity index (χ0n) is 18.6. The number of hydrogen-bond acceptors (Lipinski definition) is 5. The van der Waals surface area contributed by atoms with Crippen LogP contribution in [0, 0.1) is 5.92 Å². The second kappa shape index (κ2) is 9.88. The summed E-state index contributed by atoms with van der Waals surface area (Å²) < 4.78 is 12.2. The van der Waals surface area contributed by atoms with Crippen molar-refractivity contribution in [1.82, 2.24) is 4.90 Å². The Hall–Kier alpha value is -2.63. The van der Waals surface area contributed by atoms with Crippen molar-refractivity contribution in [1.29, 1.82) is 0 Å². The van der Waals surface area contributed by atoms with Gasteiger partial charge in [0.15, 0.2) is 5.78 Å². The lowest BCUT2D eigenvalue weighted by molar-refractivity contribution is -0.128. The smallest absolute Gasteiger partial charge is 0.173 e. The Morgan fingerprint density at radius 1 is 0.906 bits per heavy atom. The number of Topliss-reactive ketones (excluding diaryl/α,β-unsaturated/α-hetero) is 1. The Balaban J connectivity index is 1.06. The molecule has 0 N–H and O–H groups in total. The van der Waals surface area contributed by atoms with E-state index in [1.54, 1.807) is 6.26 Å². The van der Waals surface area contributed by atoms with E-state index in [1.807, 2.05) is 30.3 Å². The number of para-hydroxylation sites is 1. The molecule has 5 nitrogen and oxygen atoms in total. The fourth-order valence-corrected chi connectivity index (χ4v) is 5.15. The number of allylic oxidation sites excluding steroid dienone is 1. The van der Waals surface area contributed by atoms with Gasteiger partial charge in [-0.3, -0.25) is 9.69 Å². The number of nitrogens with zero attached hydrogens (tertiary/aromatic N) is 2. The third-order valence-electron chi connectivity index (χ3n) is 7.05. The molecule has 32 heavy (non-hydrogen) atoms. The molecule has 0 bridgehead atoms. The van der Waals surface area contributed by atoms with Crippen LogP contribution in [-0.4, -0.2) is 62.2 Å². The number of benzene rings is 2. The zero-order chi connectivity index (χ0) is 21.8. The van der Waals surface area contributed by atoms with Crippen molar-refractivity contribution in [2.24, 2.45) is 5.92 Å². The maximum Gasteiger partial charge on any atom is 0.173 e. The van der Waals surface area contributed by atoms with Crippen LogP contribution in [0.1, 0.15) is 24.8 Å². The Morgan fingerprint density at radius 2 is 1.62 bits per heavy atom. The second-order valence-corrected chi connectivity index (χ2v) is 9.01. The summed E-state index contributed by atoms with van der Waals surface area (Å²) in [5, 5.41) is 0. The highest BCUT2D eigenvalue weighted by Gasteiger charge is 2.40. The number of piperazine rings is 1. The minimum atomic E-state index is -0.0527. The van der Waals surface area contributed by atoms with Crippen LogP contribution in [0.15, 0.2) is 66.9 Å². The summed E-state index contributed by atoms with van der Waals surface area (Å²) in [5.41, 5.74) is 2.97. The van der Waals surface area contributed by atoms with Crippen LogP contribution in [0.2, 0.25) is 0 Å². The Bertz CT molecular complexity index is 922. The highest BCUT2D eigenvalue weighted by Crippen LogP contribution is 2.37. The summed E-state index contributed by atoms with van der Waals surface area (Å²) in [5.74, 6) is 0.184. The van der Waals surface area contributed by atoms with Gasteiger partial charge < -0.3 is 14.4 Å². The number of carbonyl (C=O) groups excluding carboxylic acids is 1. The SMILES string of the molecule is O=C1C(c2ccccc2)=COC2CC(OCCN3CCN(c4ccccc4)CC3)CCC12. The molecule has 0 radical (unpaired) electrons. The van der Waals surface area contributed by atoms with Gasteiger partial charge in [-0.1, -0.05) is 48.5 Å². The largest absolute Gasteiger partial charge is 0.496 e. The molecule has 2 aromatic rings. The van der Waals surface area contributed by atoms with Gasteiger partial charge in [-0.2, -0.15) is 0 Å². The van der Waals surface area contributed by atoms with Gasteiger partial charge in [0.1, 0.15) is 6.10 Å². The van der Waals surface area contributed by atoms with E-state index >= 15 is 0 Å². The lowest BCUT2D eigenvalue weighted by atomic mass is 9.78. The monoisotopic (exact) mass is 432 g/mol. The topological polar surface area (TPSA) is 42.0 Å². The first-order valence-electron chi connectivity index (χ1n) is 11.9. The number of ether oxygens (including phenoxy) is 2. The van der Waals surface area contributed by atoms with Crippen molar-refractivity contribution >= 4 is 17.0 Å². The summed E-state index contributed by atoms with van der Waals surface area (Å²) in [7, 11) is 0. The van der Waals surface area contributed by atoms with E-state index in [4.69, 9.17) is 9.47 Å². The van der Waals surface area contributed by atoms with Crippen LogP contribution in [0.3, 0.4) is 0 Å². The van der Waals surface area contributed by atoms with Crippen molar-refractivity contribution in [2.75, 3.05) is 44.2 Å². The molecule has 5 heteroatoms. The molecule has 168 valence electrons. The molecular formula is C27H32N2O3. The summed E-state index contributed by atoms with van der Waals surface area (Å²) in [6.45, 7) is 5.96. The molecule has 2 fully saturated rings. The lowest BCUT2D eigenvalue weighted by Gasteiger charge is -2.38. The molecule has 5 rings (SSSR count). The standard InChI is InChI=1S/C27H32N2O3/c30-27-24-12-11-23(19-26(24)32-20-25(27)21-7-3-1-4-8-21)31-18-17-28-13-15-29(16-14-28)22-9-5-2-6-10-22/h1-10,20,23-24,26H,11-19H2. The number of anilines is 1. The molecule has 1 saturated carbocycles. The maximum absolute atomic E-state index is 13.0. The summed E-state index contributed by atoms with van der Waals surface area (Å²) in [4.78, 5) is 18.0. The van der Waals surface area contributed by atoms with E-state index < -0.39 is 0 Å². The molecular weight excluding hydrogens is 400 g/mol. The Labute approximate surface area is 190 Å². The van der Waals surface area contributed by atoms with Gasteiger partial charge >= 0.3 is 0 Å². The minimum Gasteiger partial charge on any atom is -0.496 e. The summed E-state index contributed by atoms with van der Waals surface area (Å²) in [6.07, 6.45) is 4.38. The Kier molecular flexibility index (Phi) is 6.56. The van der Waals surface area contributed by atoms with Crippen molar-refractivity contribution in [3.8, 4) is 0 Å². The lowest BCUT2D eigenvalue weighted by Crippen LogP contribution is -2.47. The van der Waals surface area contributed by atoms with Gasteiger partial charge in [-0.05, 0) is 30.5 Å². The summed E-state index contributed by atoms with van der Waals surface area (Å²) in [6, 6.07) is 20.5. The highest BCUT2D eigenvalue weighted by molar-refractivity contribution is 6.22. The summed E-state index contributed by atoms with van der Waals surface area (Å²) >= 11 is 0. The van der Waals surface area contributed by atoms with Gasteiger partial charge in [-0.15, -0.1) is 0 Å². The molecule has 1 aliphatic carbocycles. The molecule has 3 unspecified atom stereocenters. The molecule has 3 aliphatic rings. The molecule has 0 amide bonds. The number of hydrogen-bond donors (Lipinski definition) is 0. The van der Waals surface area contributed by atoms with E-state index in [1.165, 1.54) is 5.69 Å². The van der Waals surface area contributed by atoms with Gasteiger partial charge in [0.05, 0.1) is 30.5 Å². The van der Waals surface area contributed by atoms with Crippen LogP contribution in [0.5, 0.6) is 0 Å². The first-order valence-corrected chi connectivity index (χ1v) is 11.9. The van der Waals surface area contributed by atoms with E-state index in [-0.39, 0.29) is 23.9 Å². The number of rotatable bonds is 6. The van der Waals surface area contributed by atoms with Crippen molar-refractivity contribution < 1.29 is 14.3 Å². The zero-order valence-corrected chi connectivity index (χ0v) is 18.6. The van der Waals surface area contributed by atoms with E-state index in [0.717, 1.165) is 64.2 Å². The van der Waals surface area contributed by atoms with Gasteiger partial charge in [0.25, 0.3) is 0 Å². The van der Waals surface area contributed by atoms with E-state index in [0.29, 0.717) is 5.57 Å². The number of ketones is 1. The van der Waals surface area contributed by atoms with Crippen LogP contribution in [-0.2, 0) is 14.3 Å². The number of fused-ring (bicyclic) bond motifs is 1. The van der Waals surface area contributed by atoms with Gasteiger partial charge in [-0.25, -0.2) is 0 Å². The third kappa shape index (κ3) is 4.74. The molecule has 3 atom stereocenters. The van der Waals surface area contributed by atoms with Crippen molar-refractivity contribution in [3.63, 3.8) is 0 Å². The normalized spacial score (nSPS) is 26.2. The van der Waals surface area contributed by atoms with Crippen LogP contribution >= 0.6 is 0 Å². The molecule has 2 aromatic carbocycles. The van der Waals surface area contributed by atoms with E-state index in [2.05, 4.69) is 40.1 Å². The van der Waals surface area contributed by atoms with Crippen molar-refractivity contribution in [2.45, 2.75) is 31.5 Å². The average Bonchev–Trinajstić information content (AvgIpc) is 2.86. The van der Waals surface area contributed by atoms with Crippen LogP contribution < -0.4 is 4.90 Å². The molecule has 1 saturated heterocycles. The predicted octanol–water partition coefficient (Wildman–Crippen LogP) is 4.00. The molecule has 2 aliphatic heterocycles. The average molecular weight is 433 g/mol. The van der Waals surface area contributed by atoms with E-state index in [9.17, 15) is 4.79 Å². The Morgan fingerprint density at radius 3 is 2.38 bits per heavy atom. The predicted molar refractivity (Wildman–Crippen MR) is 126 cm³/mol. The first-order chi connectivity index (χ1) is 15.8. The minimum absolute atomic E-state index is 0.0406. The molecule has 2 heterocycles.